The van der Waals surface area contributed by atoms with Gasteiger partial charge in [-0.25, -0.2) is 4.39 Å². The zero-order valence-electron chi connectivity index (χ0n) is 24.2. The standard InChI is InChI=1S/C19H18O2.C14H17FN2O4/c1-13-7-4-9-15-14(13)8-5-10-16(15)19-17(20-2)11-6-12-18(19)21-3;1-9-6-10(17-2-4-21-5-3-17)7-11(15)13(9)14(20)16-8-12(18)19/h4-12H,1-3H3;6-7H,2-5,8H2,1H3,(H,16,20)(H,18,19). The van der Waals surface area contributed by atoms with E-state index in [4.69, 9.17) is 19.3 Å². The second-order valence-electron chi connectivity index (χ2n) is 9.81. The normalized spacial score (nSPS) is 12.7. The zero-order valence-corrected chi connectivity index (χ0v) is 24.2. The van der Waals surface area contributed by atoms with Gasteiger partial charge in [-0.1, -0.05) is 42.5 Å². The van der Waals surface area contributed by atoms with E-state index in [1.165, 1.54) is 22.4 Å². The van der Waals surface area contributed by atoms with Crippen molar-refractivity contribution in [3.05, 3.63) is 89.2 Å². The van der Waals surface area contributed by atoms with Crippen molar-refractivity contribution in [2.75, 3.05) is 52.0 Å². The van der Waals surface area contributed by atoms with E-state index in [2.05, 4.69) is 48.6 Å². The fourth-order valence-electron chi connectivity index (χ4n) is 5.06. The van der Waals surface area contributed by atoms with Crippen molar-refractivity contribution in [3.63, 3.8) is 0 Å². The van der Waals surface area contributed by atoms with Gasteiger partial charge in [-0.05, 0) is 65.6 Å². The maximum absolute atomic E-state index is 14.2. The molecule has 1 aliphatic rings. The number of halogens is 1. The van der Waals surface area contributed by atoms with E-state index in [-0.39, 0.29) is 5.56 Å². The Morgan fingerprint density at radius 3 is 2.14 bits per heavy atom. The van der Waals surface area contributed by atoms with Crippen molar-refractivity contribution < 1.29 is 33.3 Å². The van der Waals surface area contributed by atoms with Crippen molar-refractivity contribution in [1.29, 1.82) is 0 Å². The van der Waals surface area contributed by atoms with Crippen LogP contribution in [0.3, 0.4) is 0 Å². The summed E-state index contributed by atoms with van der Waals surface area (Å²) in [7, 11) is 3.38. The van der Waals surface area contributed by atoms with Crippen molar-refractivity contribution in [3.8, 4) is 22.6 Å². The van der Waals surface area contributed by atoms with Crippen LogP contribution in [-0.2, 0) is 9.53 Å². The Kier molecular flexibility index (Phi) is 9.98. The lowest BCUT2D eigenvalue weighted by atomic mass is 9.95. The maximum atomic E-state index is 14.2. The number of hydrogen-bond donors (Lipinski definition) is 2. The Bertz CT molecular complexity index is 1540. The largest absolute Gasteiger partial charge is 0.496 e. The molecule has 1 aliphatic heterocycles. The first-order valence-electron chi connectivity index (χ1n) is 13.6. The summed E-state index contributed by atoms with van der Waals surface area (Å²) in [4.78, 5) is 24.3. The van der Waals surface area contributed by atoms with Gasteiger partial charge in [0.05, 0.1) is 38.6 Å². The van der Waals surface area contributed by atoms with Crippen LogP contribution < -0.4 is 19.7 Å². The minimum atomic E-state index is -1.17. The predicted molar refractivity (Wildman–Crippen MR) is 161 cm³/mol. The first kappa shape index (κ1) is 30.3. The SMILES string of the molecule is COc1cccc(OC)c1-c1cccc2c(C)cccc12.Cc1cc(N2CCOCC2)cc(F)c1C(=O)NCC(=O)O. The summed E-state index contributed by atoms with van der Waals surface area (Å²) in [5.74, 6) is -0.904. The molecule has 220 valence electrons. The quantitative estimate of drug-likeness (QED) is 0.296. The molecule has 0 aliphatic carbocycles. The third-order valence-electron chi connectivity index (χ3n) is 7.11. The molecule has 1 saturated heterocycles. The van der Waals surface area contributed by atoms with Gasteiger partial charge < -0.3 is 29.5 Å². The summed E-state index contributed by atoms with van der Waals surface area (Å²) in [5, 5.41) is 13.2. The summed E-state index contributed by atoms with van der Waals surface area (Å²) in [6.45, 7) is 5.73. The molecule has 9 heteroatoms. The van der Waals surface area contributed by atoms with Crippen LogP contribution >= 0.6 is 0 Å². The van der Waals surface area contributed by atoms with E-state index in [0.29, 0.717) is 37.6 Å². The number of carboxylic acid groups (broad SMARTS) is 1. The van der Waals surface area contributed by atoms with Crippen molar-refractivity contribution in [2.45, 2.75) is 13.8 Å². The molecule has 0 atom stereocenters. The van der Waals surface area contributed by atoms with E-state index < -0.39 is 24.2 Å². The van der Waals surface area contributed by atoms with Crippen LogP contribution in [-0.4, -0.2) is 64.1 Å². The third-order valence-corrected chi connectivity index (χ3v) is 7.11. The molecule has 4 aromatic carbocycles. The lowest BCUT2D eigenvalue weighted by Gasteiger charge is -2.29. The van der Waals surface area contributed by atoms with Crippen LogP contribution in [0, 0.1) is 19.7 Å². The Hall–Kier alpha value is -4.63. The van der Waals surface area contributed by atoms with Crippen LogP contribution in [0.25, 0.3) is 21.9 Å². The summed E-state index contributed by atoms with van der Waals surface area (Å²) in [6, 6.07) is 21.6. The van der Waals surface area contributed by atoms with Crippen molar-refractivity contribution in [1.82, 2.24) is 5.32 Å². The monoisotopic (exact) mass is 574 g/mol. The highest BCUT2D eigenvalue weighted by Crippen LogP contribution is 2.41. The summed E-state index contributed by atoms with van der Waals surface area (Å²) in [5.41, 5.74) is 4.45. The van der Waals surface area contributed by atoms with Gasteiger partial charge in [0.25, 0.3) is 5.91 Å². The number of hydrogen-bond acceptors (Lipinski definition) is 6. The number of aryl methyl sites for hydroxylation is 2. The Balaban J connectivity index is 0.000000193. The lowest BCUT2D eigenvalue weighted by molar-refractivity contribution is -0.135. The van der Waals surface area contributed by atoms with Gasteiger partial charge in [0.2, 0.25) is 0 Å². The first-order valence-corrected chi connectivity index (χ1v) is 13.6. The summed E-state index contributed by atoms with van der Waals surface area (Å²) < 4.78 is 30.5. The predicted octanol–water partition coefficient (Wildman–Crippen LogP) is 5.62. The van der Waals surface area contributed by atoms with E-state index in [0.717, 1.165) is 22.6 Å². The molecule has 42 heavy (non-hydrogen) atoms. The Morgan fingerprint density at radius 2 is 1.52 bits per heavy atom. The average Bonchev–Trinajstić information content (AvgIpc) is 3.00. The molecule has 0 saturated carbocycles. The third kappa shape index (κ3) is 6.80. The number of nitrogens with one attached hydrogen (secondary N) is 1. The van der Waals surface area contributed by atoms with E-state index in [1.54, 1.807) is 27.2 Å². The average molecular weight is 575 g/mol. The lowest BCUT2D eigenvalue weighted by Crippen LogP contribution is -2.36. The zero-order chi connectivity index (χ0) is 30.2. The van der Waals surface area contributed by atoms with Gasteiger partial charge in [0, 0.05) is 18.8 Å². The number of aliphatic carboxylic acids is 1. The molecule has 0 unspecified atom stereocenters. The molecule has 1 heterocycles. The highest BCUT2D eigenvalue weighted by molar-refractivity contribution is 6.01. The number of carboxylic acids is 1. The van der Waals surface area contributed by atoms with Gasteiger partial charge in [-0.15, -0.1) is 0 Å². The van der Waals surface area contributed by atoms with Crippen LogP contribution in [0.5, 0.6) is 11.5 Å². The molecule has 0 aromatic heterocycles. The highest BCUT2D eigenvalue weighted by Gasteiger charge is 2.20. The fraction of sp³-hybridized carbons (Fsp3) is 0.273. The molecule has 0 spiro atoms. The smallest absolute Gasteiger partial charge is 0.322 e. The fourth-order valence-corrected chi connectivity index (χ4v) is 5.06. The van der Waals surface area contributed by atoms with Crippen molar-refractivity contribution in [2.24, 2.45) is 0 Å². The van der Waals surface area contributed by atoms with Gasteiger partial charge >= 0.3 is 5.97 Å². The number of methoxy groups -OCH3 is 2. The molecule has 1 amide bonds. The number of carbonyl (C=O) groups is 2. The van der Waals surface area contributed by atoms with Gasteiger partial charge in [-0.2, -0.15) is 0 Å². The first-order chi connectivity index (χ1) is 20.2. The van der Waals surface area contributed by atoms with Gasteiger partial charge in [0.15, 0.2) is 0 Å². The molecule has 1 fully saturated rings. The number of fused-ring (bicyclic) bond motifs is 1. The highest BCUT2D eigenvalue weighted by atomic mass is 19.1. The number of benzene rings is 4. The molecular weight excluding hydrogens is 539 g/mol. The molecule has 2 N–H and O–H groups in total. The molecule has 0 radical (unpaired) electrons. The van der Waals surface area contributed by atoms with Crippen LogP contribution in [0.2, 0.25) is 0 Å². The minimum Gasteiger partial charge on any atom is -0.496 e. The number of ether oxygens (including phenoxy) is 3. The van der Waals surface area contributed by atoms with Crippen LogP contribution in [0.15, 0.2) is 66.7 Å². The number of morpholine rings is 1. The Labute approximate surface area is 244 Å². The molecule has 5 rings (SSSR count). The van der Waals surface area contributed by atoms with Crippen molar-refractivity contribution >= 4 is 28.3 Å². The molecule has 0 bridgehead atoms. The molecular formula is C33H35FN2O6. The summed E-state index contributed by atoms with van der Waals surface area (Å²) >= 11 is 0. The number of rotatable bonds is 7. The number of amides is 1. The summed E-state index contributed by atoms with van der Waals surface area (Å²) in [6.07, 6.45) is 0. The Morgan fingerprint density at radius 1 is 0.905 bits per heavy atom. The minimum absolute atomic E-state index is 0.117. The molecule has 4 aromatic rings. The van der Waals surface area contributed by atoms with Crippen LogP contribution in [0.4, 0.5) is 10.1 Å². The number of carbonyl (C=O) groups excluding carboxylic acids is 1. The molecule has 8 nitrogen and oxygen atoms in total. The topological polar surface area (TPSA) is 97.3 Å². The van der Waals surface area contributed by atoms with Crippen LogP contribution in [0.1, 0.15) is 21.5 Å². The van der Waals surface area contributed by atoms with Gasteiger partial charge in [0.1, 0.15) is 23.9 Å². The second kappa shape index (κ2) is 13.8. The van der Waals surface area contributed by atoms with Gasteiger partial charge in [-0.3, -0.25) is 9.59 Å². The van der Waals surface area contributed by atoms with E-state index >= 15 is 0 Å². The number of anilines is 1. The van der Waals surface area contributed by atoms with E-state index in [1.807, 2.05) is 23.1 Å². The second-order valence-corrected chi connectivity index (χ2v) is 9.81. The maximum Gasteiger partial charge on any atom is 0.322 e. The number of nitrogens with zero attached hydrogens (tertiary/aromatic N) is 1. The van der Waals surface area contributed by atoms with E-state index in [9.17, 15) is 14.0 Å².